The molecule has 0 spiro atoms. The first kappa shape index (κ1) is 22.2. The fourth-order valence-corrected chi connectivity index (χ4v) is 5.21. The number of aromatic nitrogens is 4. The first-order valence-corrected chi connectivity index (χ1v) is 12.1. The first-order valence-electron chi connectivity index (χ1n) is 11.1. The molecule has 1 fully saturated rings. The average molecular weight is 473 g/mol. The van der Waals surface area contributed by atoms with Gasteiger partial charge in [-0.2, -0.15) is 5.26 Å². The van der Waals surface area contributed by atoms with Crippen molar-refractivity contribution in [3.8, 4) is 11.8 Å². The fraction of sp³-hybridized carbons (Fsp3) is 0.320. The highest BCUT2D eigenvalue weighted by atomic mass is 32.2. The Morgan fingerprint density at radius 2 is 1.88 bits per heavy atom. The molecule has 9 heteroatoms. The molecule has 8 nitrogen and oxygen atoms in total. The Bertz CT molecular complexity index is 1520. The minimum atomic E-state index is -0.847. The number of hydrogen-bond acceptors (Lipinski definition) is 6. The van der Waals surface area contributed by atoms with E-state index in [-0.39, 0.29) is 23.1 Å². The normalized spacial score (nSPS) is 15.2. The number of nitrogens with zero attached hydrogens (tertiary/aromatic N) is 5. The maximum absolute atomic E-state index is 13.6. The monoisotopic (exact) mass is 472 g/mol. The summed E-state index contributed by atoms with van der Waals surface area (Å²) >= 11 is 1.23. The molecule has 1 aliphatic rings. The molecule has 1 amide bonds. The Morgan fingerprint density at radius 1 is 1.18 bits per heavy atom. The van der Waals surface area contributed by atoms with Crippen LogP contribution in [0.3, 0.4) is 0 Å². The van der Waals surface area contributed by atoms with Gasteiger partial charge in [-0.15, -0.1) is 10.2 Å². The molecule has 0 aliphatic heterocycles. The van der Waals surface area contributed by atoms with Gasteiger partial charge in [0, 0.05) is 0 Å². The number of carbonyl (C=O) groups is 1. The summed E-state index contributed by atoms with van der Waals surface area (Å²) in [7, 11) is 0. The summed E-state index contributed by atoms with van der Waals surface area (Å²) in [5.74, 6) is 0.451. The number of nitriles is 1. The highest BCUT2D eigenvalue weighted by molar-refractivity contribution is 7.99. The van der Waals surface area contributed by atoms with Crippen LogP contribution in [-0.4, -0.2) is 36.4 Å². The van der Waals surface area contributed by atoms with Gasteiger partial charge in [-0.05, 0) is 62.8 Å². The Balaban J connectivity index is 1.59. The molecular formula is C25H24N6O2S. The summed E-state index contributed by atoms with van der Waals surface area (Å²) in [6.45, 7) is 5.70. The van der Waals surface area contributed by atoms with Crippen LogP contribution in [0.15, 0.2) is 52.4 Å². The molecule has 1 atom stereocenters. The second-order valence-corrected chi connectivity index (χ2v) is 9.88. The molecule has 0 bridgehead atoms. The van der Waals surface area contributed by atoms with Crippen molar-refractivity contribution in [2.45, 2.75) is 44.3 Å². The van der Waals surface area contributed by atoms with E-state index in [9.17, 15) is 14.9 Å². The van der Waals surface area contributed by atoms with Gasteiger partial charge >= 0.3 is 0 Å². The second-order valence-electron chi connectivity index (χ2n) is 8.94. The number of thioether (sulfide) groups is 1. The molecule has 2 aromatic heterocycles. The van der Waals surface area contributed by atoms with Crippen molar-refractivity contribution in [2.24, 2.45) is 5.92 Å². The molecule has 172 valence electrons. The van der Waals surface area contributed by atoms with Gasteiger partial charge in [0.15, 0.2) is 5.16 Å². The number of rotatable bonds is 6. The summed E-state index contributed by atoms with van der Waals surface area (Å²) in [5.41, 5.74) is 2.34. The van der Waals surface area contributed by atoms with Crippen molar-refractivity contribution >= 4 is 34.3 Å². The number of fused-ring (bicyclic) bond motifs is 3. The highest BCUT2D eigenvalue weighted by Crippen LogP contribution is 2.39. The van der Waals surface area contributed by atoms with Gasteiger partial charge in [0.2, 0.25) is 11.7 Å². The highest BCUT2D eigenvalue weighted by Gasteiger charge is 2.43. The zero-order chi connectivity index (χ0) is 24.0. The quantitative estimate of drug-likeness (QED) is 0.430. The number of para-hydroxylation sites is 2. The van der Waals surface area contributed by atoms with Crippen LogP contribution in [0.2, 0.25) is 0 Å². The SMILES string of the molecule is Cc1cccc(C)c1-n1c(=O)c2ccccc2n2c(SCC(=O)NC(C)(C#N)C3CC3)nnc12. The van der Waals surface area contributed by atoms with E-state index in [2.05, 4.69) is 21.6 Å². The van der Waals surface area contributed by atoms with Crippen molar-refractivity contribution < 1.29 is 4.79 Å². The number of nitrogens with one attached hydrogen (secondary N) is 1. The lowest BCUT2D eigenvalue weighted by atomic mass is 9.98. The molecule has 0 radical (unpaired) electrons. The van der Waals surface area contributed by atoms with E-state index in [1.165, 1.54) is 11.8 Å². The van der Waals surface area contributed by atoms with Crippen LogP contribution in [0.25, 0.3) is 22.4 Å². The summed E-state index contributed by atoms with van der Waals surface area (Å²) in [5, 5.41) is 22.2. The summed E-state index contributed by atoms with van der Waals surface area (Å²) in [6, 6.07) is 15.5. The molecule has 5 rings (SSSR count). The van der Waals surface area contributed by atoms with Gasteiger partial charge in [0.25, 0.3) is 5.56 Å². The van der Waals surface area contributed by atoms with E-state index < -0.39 is 5.54 Å². The van der Waals surface area contributed by atoms with Crippen LogP contribution in [0.4, 0.5) is 0 Å². The third-order valence-electron chi connectivity index (χ3n) is 6.42. The lowest BCUT2D eigenvalue weighted by Gasteiger charge is -2.22. The van der Waals surface area contributed by atoms with Gasteiger partial charge < -0.3 is 5.32 Å². The van der Waals surface area contributed by atoms with E-state index in [4.69, 9.17) is 0 Å². The van der Waals surface area contributed by atoms with Crippen LogP contribution in [0.5, 0.6) is 0 Å². The molecule has 1 unspecified atom stereocenters. The second kappa shape index (κ2) is 8.29. The topological polar surface area (TPSA) is 105 Å². The molecule has 1 aliphatic carbocycles. The molecule has 34 heavy (non-hydrogen) atoms. The van der Waals surface area contributed by atoms with Crippen LogP contribution in [0.1, 0.15) is 30.9 Å². The van der Waals surface area contributed by atoms with Gasteiger partial charge in [-0.25, -0.2) is 4.57 Å². The van der Waals surface area contributed by atoms with Crippen molar-refractivity contribution in [1.82, 2.24) is 24.5 Å². The standard InChI is InChI=1S/C25H24N6O2S/c1-15-7-6-8-16(2)21(15)31-22(33)18-9-4-5-10-19(18)30-23(31)28-29-24(30)34-13-20(32)27-25(3,14-26)17-11-12-17/h4-10,17H,11-13H2,1-3H3,(H,27,32). The average Bonchev–Trinajstić information content (AvgIpc) is 3.60. The number of amides is 1. The predicted molar refractivity (Wildman–Crippen MR) is 131 cm³/mol. The van der Waals surface area contributed by atoms with E-state index in [1.54, 1.807) is 17.6 Å². The van der Waals surface area contributed by atoms with Gasteiger partial charge in [-0.1, -0.05) is 42.1 Å². The third kappa shape index (κ3) is 3.64. The molecule has 1 saturated carbocycles. The van der Waals surface area contributed by atoms with Gasteiger partial charge in [0.1, 0.15) is 5.54 Å². The van der Waals surface area contributed by atoms with Crippen molar-refractivity contribution in [3.63, 3.8) is 0 Å². The zero-order valence-electron chi connectivity index (χ0n) is 19.2. The zero-order valence-corrected chi connectivity index (χ0v) is 20.0. The molecule has 0 saturated heterocycles. The summed E-state index contributed by atoms with van der Waals surface area (Å²) in [6.07, 6.45) is 1.91. The van der Waals surface area contributed by atoms with E-state index in [0.29, 0.717) is 21.8 Å². The number of carbonyl (C=O) groups excluding carboxylic acids is 1. The molecule has 2 aromatic carbocycles. The minimum Gasteiger partial charge on any atom is -0.337 e. The predicted octanol–water partition coefficient (Wildman–Crippen LogP) is 3.55. The maximum Gasteiger partial charge on any atom is 0.267 e. The Labute approximate surface area is 200 Å². The lowest BCUT2D eigenvalue weighted by molar-refractivity contribution is -0.119. The van der Waals surface area contributed by atoms with Crippen LogP contribution < -0.4 is 10.9 Å². The minimum absolute atomic E-state index is 0.0849. The summed E-state index contributed by atoms with van der Waals surface area (Å²) < 4.78 is 3.43. The van der Waals surface area contributed by atoms with E-state index in [1.807, 2.05) is 54.6 Å². The third-order valence-corrected chi connectivity index (χ3v) is 7.34. The van der Waals surface area contributed by atoms with E-state index >= 15 is 0 Å². The Hall–Kier alpha value is -3.64. The van der Waals surface area contributed by atoms with Crippen LogP contribution in [-0.2, 0) is 4.79 Å². The molecular weight excluding hydrogens is 448 g/mol. The molecule has 2 heterocycles. The summed E-state index contributed by atoms with van der Waals surface area (Å²) in [4.78, 5) is 26.2. The molecule has 4 aromatic rings. The van der Waals surface area contributed by atoms with Crippen LogP contribution in [0, 0.1) is 31.1 Å². The number of aryl methyl sites for hydroxylation is 2. The number of benzene rings is 2. The maximum atomic E-state index is 13.6. The van der Waals surface area contributed by atoms with Gasteiger partial charge in [-0.3, -0.25) is 14.0 Å². The Kier molecular flexibility index (Phi) is 5.41. The first-order chi connectivity index (χ1) is 16.3. The van der Waals surface area contributed by atoms with E-state index in [0.717, 1.165) is 29.7 Å². The smallest absolute Gasteiger partial charge is 0.267 e. The van der Waals surface area contributed by atoms with Crippen LogP contribution >= 0.6 is 11.8 Å². The fourth-order valence-electron chi connectivity index (χ4n) is 4.47. The Morgan fingerprint density at radius 3 is 2.56 bits per heavy atom. The largest absolute Gasteiger partial charge is 0.337 e. The van der Waals surface area contributed by atoms with Crippen molar-refractivity contribution in [2.75, 3.05) is 5.75 Å². The molecule has 1 N–H and O–H groups in total. The lowest BCUT2D eigenvalue weighted by Crippen LogP contribution is -2.47. The number of hydrogen-bond donors (Lipinski definition) is 1. The van der Waals surface area contributed by atoms with Crippen molar-refractivity contribution in [1.29, 1.82) is 5.26 Å². The van der Waals surface area contributed by atoms with Gasteiger partial charge in [0.05, 0.1) is 28.4 Å². The van der Waals surface area contributed by atoms with Crippen molar-refractivity contribution in [3.05, 3.63) is 63.9 Å².